The average Bonchev–Trinajstić information content (AvgIpc) is 2.25. The van der Waals surface area contributed by atoms with Gasteiger partial charge >= 0.3 is 0 Å². The molecule has 2 atom stereocenters. The first kappa shape index (κ1) is 9.25. The van der Waals surface area contributed by atoms with Crippen molar-refractivity contribution in [2.75, 3.05) is 6.54 Å². The minimum Gasteiger partial charge on any atom is -0.335 e. The molecule has 0 saturated carbocycles. The Balaban J connectivity index is 2.23. The number of benzene rings is 1. The fraction of sp³-hybridized carbons (Fsp3) is 0.417. The van der Waals surface area contributed by atoms with Crippen molar-refractivity contribution in [2.45, 2.75) is 19.9 Å². The molecule has 0 bridgehead atoms. The molecule has 1 amide bonds. The average molecular weight is 189 g/mol. The Bertz CT molecular complexity index is 333. The first-order valence-corrected chi connectivity index (χ1v) is 5.11. The molecule has 2 rings (SSSR count). The van der Waals surface area contributed by atoms with Gasteiger partial charge in [0.25, 0.3) is 0 Å². The van der Waals surface area contributed by atoms with Gasteiger partial charge in [0.05, 0.1) is 12.0 Å². The van der Waals surface area contributed by atoms with Crippen LogP contribution in [0.2, 0.25) is 0 Å². The van der Waals surface area contributed by atoms with E-state index in [2.05, 4.69) is 12.1 Å². The summed E-state index contributed by atoms with van der Waals surface area (Å²) in [6.45, 7) is 4.84. The lowest BCUT2D eigenvalue weighted by Gasteiger charge is -2.45. The predicted octanol–water partition coefficient (Wildman–Crippen LogP) is 2.23. The summed E-state index contributed by atoms with van der Waals surface area (Å²) in [5.41, 5.74) is 1.25. The lowest BCUT2D eigenvalue weighted by Crippen LogP contribution is -2.53. The minimum atomic E-state index is 0.150. The Kier molecular flexibility index (Phi) is 2.28. The van der Waals surface area contributed by atoms with Crippen molar-refractivity contribution in [1.29, 1.82) is 0 Å². The Morgan fingerprint density at radius 2 is 1.93 bits per heavy atom. The fourth-order valence-corrected chi connectivity index (χ4v) is 2.19. The number of hydrogen-bond donors (Lipinski definition) is 0. The normalized spacial score (nSPS) is 26.1. The van der Waals surface area contributed by atoms with E-state index in [1.54, 1.807) is 0 Å². The second-order valence-electron chi connectivity index (χ2n) is 3.77. The molecule has 74 valence electrons. The van der Waals surface area contributed by atoms with Crippen molar-refractivity contribution in [3.8, 4) is 0 Å². The van der Waals surface area contributed by atoms with Crippen LogP contribution in [-0.2, 0) is 4.79 Å². The fourth-order valence-electron chi connectivity index (χ4n) is 2.19. The van der Waals surface area contributed by atoms with Gasteiger partial charge in [0.15, 0.2) is 0 Å². The molecule has 1 saturated heterocycles. The van der Waals surface area contributed by atoms with Gasteiger partial charge < -0.3 is 4.90 Å². The van der Waals surface area contributed by atoms with Crippen LogP contribution in [0.15, 0.2) is 30.3 Å². The van der Waals surface area contributed by atoms with Crippen molar-refractivity contribution in [3.05, 3.63) is 35.9 Å². The number of nitrogens with zero attached hydrogens (tertiary/aromatic N) is 1. The number of carbonyl (C=O) groups excluding carboxylic acids is 1. The molecule has 0 aliphatic carbocycles. The highest BCUT2D eigenvalue weighted by molar-refractivity contribution is 5.86. The molecule has 1 aromatic rings. The van der Waals surface area contributed by atoms with Crippen LogP contribution in [0.4, 0.5) is 0 Å². The van der Waals surface area contributed by atoms with Gasteiger partial charge in [-0.1, -0.05) is 37.3 Å². The molecule has 1 aliphatic heterocycles. The van der Waals surface area contributed by atoms with Gasteiger partial charge in [0.2, 0.25) is 5.91 Å². The third-order valence-corrected chi connectivity index (χ3v) is 2.96. The van der Waals surface area contributed by atoms with Gasteiger partial charge in [0, 0.05) is 6.54 Å². The van der Waals surface area contributed by atoms with E-state index in [1.807, 2.05) is 36.9 Å². The Morgan fingerprint density at radius 1 is 1.29 bits per heavy atom. The van der Waals surface area contributed by atoms with Crippen LogP contribution in [0.5, 0.6) is 0 Å². The second kappa shape index (κ2) is 3.45. The third kappa shape index (κ3) is 1.22. The molecule has 0 aromatic heterocycles. The van der Waals surface area contributed by atoms with Gasteiger partial charge in [-0.25, -0.2) is 0 Å². The highest BCUT2D eigenvalue weighted by atomic mass is 16.2. The quantitative estimate of drug-likeness (QED) is 0.653. The summed E-state index contributed by atoms with van der Waals surface area (Å²) in [5, 5.41) is 0. The van der Waals surface area contributed by atoms with E-state index in [0.29, 0.717) is 6.04 Å². The summed E-state index contributed by atoms with van der Waals surface area (Å²) in [5.74, 6) is 0.429. The monoisotopic (exact) mass is 189 g/mol. The molecule has 14 heavy (non-hydrogen) atoms. The van der Waals surface area contributed by atoms with Crippen molar-refractivity contribution < 1.29 is 4.79 Å². The molecule has 1 aliphatic rings. The molecule has 1 aromatic carbocycles. The molecule has 0 N–H and O–H groups in total. The first-order chi connectivity index (χ1) is 6.75. The minimum absolute atomic E-state index is 0.150. The van der Waals surface area contributed by atoms with Crippen LogP contribution in [0, 0.1) is 5.92 Å². The van der Waals surface area contributed by atoms with Crippen LogP contribution in [0.25, 0.3) is 0 Å². The van der Waals surface area contributed by atoms with E-state index in [9.17, 15) is 4.79 Å². The van der Waals surface area contributed by atoms with Crippen molar-refractivity contribution in [2.24, 2.45) is 5.92 Å². The van der Waals surface area contributed by atoms with Crippen LogP contribution in [0.3, 0.4) is 0 Å². The van der Waals surface area contributed by atoms with Gasteiger partial charge in [-0.3, -0.25) is 4.79 Å². The third-order valence-electron chi connectivity index (χ3n) is 2.96. The van der Waals surface area contributed by atoms with Gasteiger partial charge in [-0.2, -0.15) is 0 Å². The Labute approximate surface area is 84.5 Å². The molecule has 0 unspecified atom stereocenters. The van der Waals surface area contributed by atoms with Crippen molar-refractivity contribution in [1.82, 2.24) is 4.90 Å². The maximum Gasteiger partial charge on any atom is 0.228 e. The molecule has 0 radical (unpaired) electrons. The first-order valence-electron chi connectivity index (χ1n) is 5.11. The van der Waals surface area contributed by atoms with E-state index >= 15 is 0 Å². The molecule has 2 nitrogen and oxygen atoms in total. The van der Waals surface area contributed by atoms with Crippen molar-refractivity contribution in [3.63, 3.8) is 0 Å². The SMILES string of the molecule is CCN1C(=O)[C@@H](C)[C@H]1c1ccccc1. The summed E-state index contributed by atoms with van der Waals surface area (Å²) in [6.07, 6.45) is 0. The zero-order chi connectivity index (χ0) is 10.1. The number of rotatable bonds is 2. The molecule has 0 spiro atoms. The van der Waals surface area contributed by atoms with Crippen LogP contribution >= 0.6 is 0 Å². The Hall–Kier alpha value is -1.31. The number of hydrogen-bond acceptors (Lipinski definition) is 1. The highest BCUT2D eigenvalue weighted by Gasteiger charge is 2.43. The Morgan fingerprint density at radius 3 is 2.50 bits per heavy atom. The number of amides is 1. The largest absolute Gasteiger partial charge is 0.335 e. The second-order valence-corrected chi connectivity index (χ2v) is 3.77. The maximum absolute atomic E-state index is 11.5. The van der Waals surface area contributed by atoms with Gasteiger partial charge in [-0.15, -0.1) is 0 Å². The van der Waals surface area contributed by atoms with E-state index in [0.717, 1.165) is 6.54 Å². The summed E-state index contributed by atoms with van der Waals surface area (Å²) < 4.78 is 0. The standard InChI is InChI=1S/C12H15NO/c1-3-13-11(9(2)12(13)14)10-7-5-4-6-8-10/h4-9,11H,3H2,1-2H3/t9-,11-/m0/s1. The van der Waals surface area contributed by atoms with E-state index in [4.69, 9.17) is 0 Å². The van der Waals surface area contributed by atoms with Gasteiger partial charge in [0.1, 0.15) is 0 Å². The zero-order valence-corrected chi connectivity index (χ0v) is 8.60. The number of carbonyl (C=O) groups is 1. The van der Waals surface area contributed by atoms with Crippen LogP contribution in [-0.4, -0.2) is 17.4 Å². The van der Waals surface area contributed by atoms with E-state index < -0.39 is 0 Å². The topological polar surface area (TPSA) is 20.3 Å². The maximum atomic E-state index is 11.5. The lowest BCUT2D eigenvalue weighted by molar-refractivity contribution is -0.155. The van der Waals surface area contributed by atoms with Gasteiger partial charge in [-0.05, 0) is 12.5 Å². The smallest absolute Gasteiger partial charge is 0.228 e. The van der Waals surface area contributed by atoms with E-state index in [-0.39, 0.29) is 11.8 Å². The molecule has 1 fully saturated rings. The highest BCUT2D eigenvalue weighted by Crippen LogP contribution is 2.38. The summed E-state index contributed by atoms with van der Waals surface area (Å²) >= 11 is 0. The number of likely N-dealkylation sites (tertiary alicyclic amines) is 1. The van der Waals surface area contributed by atoms with Crippen LogP contribution < -0.4 is 0 Å². The van der Waals surface area contributed by atoms with Crippen LogP contribution in [0.1, 0.15) is 25.5 Å². The summed E-state index contributed by atoms with van der Waals surface area (Å²) in [7, 11) is 0. The summed E-state index contributed by atoms with van der Waals surface area (Å²) in [6, 6.07) is 10.5. The van der Waals surface area contributed by atoms with E-state index in [1.165, 1.54) is 5.56 Å². The zero-order valence-electron chi connectivity index (χ0n) is 8.60. The summed E-state index contributed by atoms with van der Waals surface area (Å²) in [4.78, 5) is 13.4. The number of β-lactam (4-membered cyclic amide) rings is 1. The molecule has 1 heterocycles. The molecule has 2 heteroatoms. The van der Waals surface area contributed by atoms with Crippen molar-refractivity contribution >= 4 is 5.91 Å². The molecular weight excluding hydrogens is 174 g/mol. The molecular formula is C12H15NO. The lowest BCUT2D eigenvalue weighted by atomic mass is 9.84. The predicted molar refractivity (Wildman–Crippen MR) is 55.7 cm³/mol.